The summed E-state index contributed by atoms with van der Waals surface area (Å²) in [6.45, 7) is 2.10. The molecule has 0 aliphatic heterocycles. The van der Waals surface area contributed by atoms with E-state index in [2.05, 4.69) is 34.0 Å². The van der Waals surface area contributed by atoms with Crippen LogP contribution in [0, 0.1) is 16.7 Å². The predicted molar refractivity (Wildman–Crippen MR) is 65.9 cm³/mol. The molecular weight excluding hydrogens is 266 g/mol. The summed E-state index contributed by atoms with van der Waals surface area (Å²) >= 11 is 3.60. The van der Waals surface area contributed by atoms with Gasteiger partial charge < -0.3 is 0 Å². The Morgan fingerprint density at radius 1 is 1.56 bits per heavy atom. The first-order chi connectivity index (χ1) is 7.62. The summed E-state index contributed by atoms with van der Waals surface area (Å²) < 4.78 is 3.01. The van der Waals surface area contributed by atoms with Crippen LogP contribution >= 0.6 is 15.9 Å². The first kappa shape index (κ1) is 11.7. The van der Waals surface area contributed by atoms with Crippen molar-refractivity contribution in [2.24, 2.45) is 12.5 Å². The number of rotatable bonds is 3. The van der Waals surface area contributed by atoms with Gasteiger partial charge in [0.05, 0.1) is 27.3 Å². The van der Waals surface area contributed by atoms with E-state index in [1.807, 2.05) is 11.7 Å². The molecule has 1 aromatic heterocycles. The summed E-state index contributed by atoms with van der Waals surface area (Å²) in [6.07, 6.45) is 5.00. The summed E-state index contributed by atoms with van der Waals surface area (Å²) in [4.78, 5) is 0. The van der Waals surface area contributed by atoms with Gasteiger partial charge in [-0.25, -0.2) is 0 Å². The van der Waals surface area contributed by atoms with Gasteiger partial charge in [-0.1, -0.05) is 13.3 Å². The quantitative estimate of drug-likeness (QED) is 0.855. The molecule has 0 bridgehead atoms. The molecule has 0 radical (unpaired) electrons. The van der Waals surface area contributed by atoms with Gasteiger partial charge in [-0.05, 0) is 35.2 Å². The number of halogens is 1. The van der Waals surface area contributed by atoms with E-state index in [9.17, 15) is 5.26 Å². The molecule has 0 spiro atoms. The van der Waals surface area contributed by atoms with Crippen LogP contribution in [-0.4, -0.2) is 9.78 Å². The van der Waals surface area contributed by atoms with Crippen LogP contribution in [0.25, 0.3) is 0 Å². The molecule has 1 aromatic rings. The van der Waals surface area contributed by atoms with Crippen molar-refractivity contribution in [3.63, 3.8) is 0 Å². The Labute approximate surface area is 105 Å². The molecule has 0 saturated heterocycles. The topological polar surface area (TPSA) is 41.6 Å². The van der Waals surface area contributed by atoms with Crippen molar-refractivity contribution in [3.8, 4) is 6.07 Å². The fourth-order valence-corrected chi connectivity index (χ4v) is 3.02. The van der Waals surface area contributed by atoms with Gasteiger partial charge in [0, 0.05) is 13.5 Å². The zero-order valence-corrected chi connectivity index (χ0v) is 11.3. The van der Waals surface area contributed by atoms with Crippen LogP contribution < -0.4 is 0 Å². The lowest BCUT2D eigenvalue weighted by molar-refractivity contribution is 0.209. The minimum Gasteiger partial charge on any atom is -0.271 e. The van der Waals surface area contributed by atoms with Crippen molar-refractivity contribution in [1.29, 1.82) is 5.26 Å². The Morgan fingerprint density at radius 2 is 2.25 bits per heavy atom. The third-order valence-corrected chi connectivity index (χ3v) is 4.47. The van der Waals surface area contributed by atoms with Crippen molar-refractivity contribution in [3.05, 3.63) is 15.9 Å². The number of hydrogen-bond acceptors (Lipinski definition) is 2. The van der Waals surface area contributed by atoms with E-state index in [0.29, 0.717) is 0 Å². The molecule has 16 heavy (non-hydrogen) atoms. The number of hydrogen-bond donors (Lipinski definition) is 0. The zero-order valence-electron chi connectivity index (χ0n) is 9.76. The molecule has 0 atom stereocenters. The summed E-state index contributed by atoms with van der Waals surface area (Å²) in [7, 11) is 1.96. The van der Waals surface area contributed by atoms with Crippen molar-refractivity contribution in [1.82, 2.24) is 9.78 Å². The van der Waals surface area contributed by atoms with Gasteiger partial charge in [0.1, 0.15) is 0 Å². The molecule has 1 saturated carbocycles. The summed E-state index contributed by atoms with van der Waals surface area (Å²) in [6, 6.07) is 2.48. The standard InChI is InChI=1S/C12H16BrN3/c1-3-9-11(13)10(16(2)15-9)7-12(8-14)5-4-6-12/h3-7H2,1-2H3. The zero-order chi connectivity index (χ0) is 11.8. The van der Waals surface area contributed by atoms with Crippen molar-refractivity contribution in [2.45, 2.75) is 39.0 Å². The lowest BCUT2D eigenvalue weighted by Gasteiger charge is -2.35. The smallest absolute Gasteiger partial charge is 0.0766 e. The second kappa shape index (κ2) is 4.21. The maximum absolute atomic E-state index is 9.25. The molecule has 0 amide bonds. The first-order valence-corrected chi connectivity index (χ1v) is 6.52. The van der Waals surface area contributed by atoms with Crippen LogP contribution in [0.5, 0.6) is 0 Å². The Balaban J connectivity index is 2.28. The molecular formula is C12H16BrN3. The second-order valence-corrected chi connectivity index (χ2v) is 5.40. The Bertz CT molecular complexity index is 438. The molecule has 4 heteroatoms. The van der Waals surface area contributed by atoms with Gasteiger partial charge in [0.2, 0.25) is 0 Å². The molecule has 0 aromatic carbocycles. The number of nitriles is 1. The van der Waals surface area contributed by atoms with E-state index in [1.165, 1.54) is 6.42 Å². The van der Waals surface area contributed by atoms with E-state index in [-0.39, 0.29) is 5.41 Å². The van der Waals surface area contributed by atoms with E-state index in [0.717, 1.165) is 41.5 Å². The summed E-state index contributed by atoms with van der Waals surface area (Å²) in [5.74, 6) is 0. The number of nitrogens with zero attached hydrogens (tertiary/aromatic N) is 3. The van der Waals surface area contributed by atoms with Crippen LogP contribution in [0.15, 0.2) is 4.47 Å². The van der Waals surface area contributed by atoms with Gasteiger partial charge in [-0.15, -0.1) is 0 Å². The average molecular weight is 282 g/mol. The van der Waals surface area contributed by atoms with Gasteiger partial charge in [-0.3, -0.25) is 4.68 Å². The van der Waals surface area contributed by atoms with Crippen LogP contribution in [-0.2, 0) is 19.9 Å². The van der Waals surface area contributed by atoms with E-state index >= 15 is 0 Å². The predicted octanol–water partition coefficient (Wildman–Crippen LogP) is 2.98. The van der Waals surface area contributed by atoms with E-state index in [1.54, 1.807) is 0 Å². The highest BCUT2D eigenvalue weighted by atomic mass is 79.9. The van der Waals surface area contributed by atoms with Gasteiger partial charge in [0.25, 0.3) is 0 Å². The molecule has 2 rings (SSSR count). The second-order valence-electron chi connectivity index (χ2n) is 4.61. The third kappa shape index (κ3) is 1.78. The summed E-state index contributed by atoms with van der Waals surface area (Å²) in [5, 5.41) is 13.7. The molecule has 1 aliphatic carbocycles. The maximum atomic E-state index is 9.25. The molecule has 1 fully saturated rings. The normalized spacial score (nSPS) is 17.9. The van der Waals surface area contributed by atoms with Crippen LogP contribution in [0.4, 0.5) is 0 Å². The van der Waals surface area contributed by atoms with E-state index in [4.69, 9.17) is 0 Å². The van der Waals surface area contributed by atoms with Crippen LogP contribution in [0.1, 0.15) is 37.6 Å². The highest BCUT2D eigenvalue weighted by molar-refractivity contribution is 9.10. The third-order valence-electron chi connectivity index (χ3n) is 3.56. The molecule has 86 valence electrons. The van der Waals surface area contributed by atoms with Gasteiger partial charge in [0.15, 0.2) is 0 Å². The van der Waals surface area contributed by atoms with Crippen molar-refractivity contribution >= 4 is 15.9 Å². The molecule has 1 aliphatic rings. The summed E-state index contributed by atoms with van der Waals surface area (Å²) in [5.41, 5.74) is 2.13. The van der Waals surface area contributed by atoms with E-state index < -0.39 is 0 Å². The lowest BCUT2D eigenvalue weighted by Crippen LogP contribution is -2.30. The van der Waals surface area contributed by atoms with Crippen molar-refractivity contribution in [2.75, 3.05) is 0 Å². The van der Waals surface area contributed by atoms with Gasteiger partial charge in [-0.2, -0.15) is 10.4 Å². The molecule has 3 nitrogen and oxygen atoms in total. The number of aromatic nitrogens is 2. The minimum atomic E-state index is -0.124. The molecule has 1 heterocycles. The monoisotopic (exact) mass is 281 g/mol. The Hall–Kier alpha value is -0.820. The first-order valence-electron chi connectivity index (χ1n) is 5.73. The average Bonchev–Trinajstić information content (AvgIpc) is 2.49. The van der Waals surface area contributed by atoms with Gasteiger partial charge >= 0.3 is 0 Å². The largest absolute Gasteiger partial charge is 0.271 e. The van der Waals surface area contributed by atoms with Crippen LogP contribution in [0.3, 0.4) is 0 Å². The highest BCUT2D eigenvalue weighted by Crippen LogP contribution is 2.44. The fraction of sp³-hybridized carbons (Fsp3) is 0.667. The Kier molecular flexibility index (Phi) is 3.07. The maximum Gasteiger partial charge on any atom is 0.0766 e. The fourth-order valence-electron chi connectivity index (χ4n) is 2.26. The highest BCUT2D eigenvalue weighted by Gasteiger charge is 2.38. The lowest BCUT2D eigenvalue weighted by atomic mass is 9.67. The minimum absolute atomic E-state index is 0.124. The SMILES string of the molecule is CCc1nn(C)c(CC2(C#N)CCC2)c1Br. The van der Waals surface area contributed by atoms with Crippen molar-refractivity contribution < 1.29 is 0 Å². The molecule has 0 unspecified atom stereocenters. The number of aryl methyl sites for hydroxylation is 2. The molecule has 0 N–H and O–H groups in total. The van der Waals surface area contributed by atoms with Crippen LogP contribution in [0.2, 0.25) is 0 Å². The Morgan fingerprint density at radius 3 is 2.62 bits per heavy atom.